The normalized spacial score (nSPS) is 36.6. The zero-order chi connectivity index (χ0) is 24.6. The largest absolute Gasteiger partial charge is 0.506 e. The lowest BCUT2D eigenvalue weighted by Gasteiger charge is -2.44. The van der Waals surface area contributed by atoms with E-state index in [4.69, 9.17) is 28.4 Å². The summed E-state index contributed by atoms with van der Waals surface area (Å²) in [5.74, 6) is -4.45. The van der Waals surface area contributed by atoms with Crippen LogP contribution in [0.2, 0.25) is 0 Å². The average Bonchev–Trinajstić information content (AvgIpc) is 2.64. The van der Waals surface area contributed by atoms with Crippen molar-refractivity contribution in [3.63, 3.8) is 0 Å². The molecule has 18 nitrogen and oxygen atoms in total. The molecule has 9 N–H and O–H groups in total. The Kier molecular flexibility index (Phi) is 8.02. The molecule has 0 aromatic carbocycles. The fraction of sp³-hybridized carbons (Fsp3) is 0.750. The van der Waals surface area contributed by atoms with E-state index >= 15 is 0 Å². The van der Waals surface area contributed by atoms with Crippen molar-refractivity contribution in [2.45, 2.75) is 49.1 Å². The van der Waals surface area contributed by atoms with Crippen LogP contribution in [-0.2, 0) is 43.9 Å². The van der Waals surface area contributed by atoms with Crippen LogP contribution in [0, 0.1) is 0 Å². The summed E-state index contributed by atoms with van der Waals surface area (Å²) in [4.78, 5) is 11.1. The van der Waals surface area contributed by atoms with Crippen molar-refractivity contribution < 1.29 is 79.8 Å². The molecule has 186 valence electrons. The molecule has 20 heteroatoms. The Morgan fingerprint density at radius 1 is 1.06 bits per heavy atom. The highest BCUT2D eigenvalue weighted by molar-refractivity contribution is 7.83. The second-order valence-corrected chi connectivity index (χ2v) is 8.71. The number of carboxylic acids is 1. The molecule has 2 heterocycles. The van der Waals surface area contributed by atoms with Crippen LogP contribution < -0.4 is 4.72 Å². The Morgan fingerprint density at radius 3 is 2.16 bits per heavy atom. The molecule has 0 aliphatic carbocycles. The maximum atomic E-state index is 11.1. The van der Waals surface area contributed by atoms with E-state index in [1.165, 1.54) is 4.72 Å². The standard InChI is InChI=1S/C12H19NO17S2/c14-4-3(13-31(21,22)23)11(20)28-2(1-27-32(24,25)26)8(4)29-12-7(17)5(15)6(16)9(30-12)10(18)19/h2-5,7-8,11-17,20H,1H2,(H,18,19)(H,21,22,23)(H,24,25,26)/t2-,3-,4-,5+,7-,8-,11-,12+/m1/s1. The number of nitrogens with one attached hydrogen (secondary N) is 1. The highest BCUT2D eigenvalue weighted by Gasteiger charge is 2.51. The van der Waals surface area contributed by atoms with Crippen molar-refractivity contribution >= 4 is 26.7 Å². The third kappa shape index (κ3) is 6.43. The Labute approximate surface area is 179 Å². The molecule has 0 amide bonds. The second kappa shape index (κ2) is 9.66. The minimum Gasteiger partial charge on any atom is -0.506 e. The van der Waals surface area contributed by atoms with Crippen LogP contribution in [0.5, 0.6) is 0 Å². The van der Waals surface area contributed by atoms with Crippen molar-refractivity contribution in [2.24, 2.45) is 0 Å². The van der Waals surface area contributed by atoms with Crippen LogP contribution in [0.3, 0.4) is 0 Å². The molecule has 1 fully saturated rings. The number of hydrogen-bond acceptors (Lipinski definition) is 14. The Bertz CT molecular complexity index is 945. The minimum absolute atomic E-state index is 1.17. The van der Waals surface area contributed by atoms with E-state index in [2.05, 4.69) is 4.18 Å². The van der Waals surface area contributed by atoms with Gasteiger partial charge < -0.3 is 44.8 Å². The fourth-order valence-electron chi connectivity index (χ4n) is 2.80. The molecule has 2 aliphatic rings. The van der Waals surface area contributed by atoms with Crippen molar-refractivity contribution in [3.8, 4) is 0 Å². The van der Waals surface area contributed by atoms with Crippen molar-refractivity contribution in [1.29, 1.82) is 0 Å². The molecule has 0 spiro atoms. The number of hydrogen-bond donors (Lipinski definition) is 9. The molecule has 32 heavy (non-hydrogen) atoms. The lowest BCUT2D eigenvalue weighted by atomic mass is 9.97. The topological polar surface area (TPSA) is 296 Å². The number of aliphatic carboxylic acids is 1. The molecule has 8 atom stereocenters. The van der Waals surface area contributed by atoms with Gasteiger partial charge in [0.05, 0.1) is 6.61 Å². The van der Waals surface area contributed by atoms with Crippen LogP contribution in [0.25, 0.3) is 0 Å². The van der Waals surface area contributed by atoms with E-state index in [1.807, 2.05) is 0 Å². The summed E-state index contributed by atoms with van der Waals surface area (Å²) in [5.41, 5.74) is 0. The van der Waals surface area contributed by atoms with Crippen molar-refractivity contribution in [1.82, 2.24) is 4.72 Å². The van der Waals surface area contributed by atoms with Gasteiger partial charge in [0, 0.05) is 0 Å². The summed E-state index contributed by atoms with van der Waals surface area (Å²) in [7, 11) is -10.2. The highest BCUT2D eigenvalue weighted by Crippen LogP contribution is 2.30. The van der Waals surface area contributed by atoms with Crippen LogP contribution in [0.1, 0.15) is 0 Å². The predicted molar refractivity (Wildman–Crippen MR) is 91.9 cm³/mol. The molecule has 2 rings (SSSR count). The van der Waals surface area contributed by atoms with Crippen molar-refractivity contribution in [2.75, 3.05) is 6.61 Å². The van der Waals surface area contributed by atoms with Crippen molar-refractivity contribution in [3.05, 3.63) is 11.5 Å². The van der Waals surface area contributed by atoms with Gasteiger partial charge in [-0.3, -0.25) is 9.11 Å². The van der Waals surface area contributed by atoms with E-state index in [-0.39, 0.29) is 0 Å². The SMILES string of the molecule is O=C(O)C1=C(O)[C@H](O)[C@@H](O)[C@@H](O[C@H]2[C@H](O)[C@@H](NS(=O)(=O)O)[C@H](O)O[C@@H]2COS(=O)(=O)O)O1. The van der Waals surface area contributed by atoms with Gasteiger partial charge in [-0.2, -0.15) is 21.6 Å². The Balaban J connectivity index is 2.35. The van der Waals surface area contributed by atoms with Gasteiger partial charge in [-0.1, -0.05) is 0 Å². The summed E-state index contributed by atoms with van der Waals surface area (Å²) >= 11 is 0. The third-order valence-electron chi connectivity index (χ3n) is 4.19. The molecule has 0 aromatic rings. The second-order valence-electron chi connectivity index (χ2n) is 6.43. The highest BCUT2D eigenvalue weighted by atomic mass is 32.3. The van der Waals surface area contributed by atoms with Crippen LogP contribution in [0.15, 0.2) is 11.5 Å². The Morgan fingerprint density at radius 2 is 1.66 bits per heavy atom. The van der Waals surface area contributed by atoms with E-state index < -0.39 is 93.9 Å². The first kappa shape index (κ1) is 26.6. The van der Waals surface area contributed by atoms with Gasteiger partial charge >= 0.3 is 26.7 Å². The zero-order valence-electron chi connectivity index (χ0n) is 15.4. The molecule has 1 saturated heterocycles. The molecule has 0 saturated carbocycles. The first-order valence-corrected chi connectivity index (χ1v) is 11.0. The molecule has 0 unspecified atom stereocenters. The predicted octanol–water partition coefficient (Wildman–Crippen LogP) is -5.04. The van der Waals surface area contributed by atoms with Gasteiger partial charge in [0.2, 0.25) is 12.0 Å². The third-order valence-corrected chi connectivity index (χ3v) is 5.20. The summed E-state index contributed by atoms with van der Waals surface area (Å²) < 4.78 is 81.6. The van der Waals surface area contributed by atoms with Crippen LogP contribution in [-0.4, -0.2) is 118 Å². The molecule has 0 aromatic heterocycles. The minimum atomic E-state index is -5.09. The fourth-order valence-corrected chi connectivity index (χ4v) is 3.71. The number of carboxylic acid groups (broad SMARTS) is 1. The molecular formula is C12H19NO17S2. The Hall–Kier alpha value is -1.69. The van der Waals surface area contributed by atoms with E-state index in [0.717, 1.165) is 0 Å². The molecule has 0 bridgehead atoms. The van der Waals surface area contributed by atoms with Crippen LogP contribution in [0.4, 0.5) is 0 Å². The number of rotatable bonds is 8. The quantitative estimate of drug-likeness (QED) is 0.137. The van der Waals surface area contributed by atoms with Gasteiger partial charge in [-0.25, -0.2) is 8.98 Å². The number of carbonyl (C=O) groups is 1. The van der Waals surface area contributed by atoms with Gasteiger partial charge in [-0.15, -0.1) is 0 Å². The maximum Gasteiger partial charge on any atom is 0.397 e. The molecular weight excluding hydrogens is 494 g/mol. The number of ether oxygens (including phenoxy) is 3. The van der Waals surface area contributed by atoms with E-state index in [0.29, 0.717) is 0 Å². The average molecular weight is 513 g/mol. The zero-order valence-corrected chi connectivity index (χ0v) is 17.0. The first-order valence-electron chi connectivity index (χ1n) is 8.24. The lowest BCUT2D eigenvalue weighted by Crippen LogP contribution is -2.66. The maximum absolute atomic E-state index is 11.1. The van der Waals surface area contributed by atoms with E-state index in [9.17, 15) is 47.2 Å². The summed E-state index contributed by atoms with van der Waals surface area (Å²) in [6, 6.07) is -2.06. The number of aliphatic hydroxyl groups excluding tert-OH is 5. The van der Waals surface area contributed by atoms with Gasteiger partial charge in [-0.05, 0) is 0 Å². The van der Waals surface area contributed by atoms with Crippen LogP contribution >= 0.6 is 0 Å². The summed E-state index contributed by atoms with van der Waals surface area (Å²) in [6.07, 6.45) is -15.0. The van der Waals surface area contributed by atoms with E-state index in [1.54, 1.807) is 0 Å². The van der Waals surface area contributed by atoms with Gasteiger partial charge in [0.25, 0.3) is 0 Å². The monoisotopic (exact) mass is 513 g/mol. The number of aliphatic hydroxyl groups is 5. The first-order chi connectivity index (χ1) is 14.5. The molecule has 0 radical (unpaired) electrons. The lowest BCUT2D eigenvalue weighted by molar-refractivity contribution is -0.307. The van der Waals surface area contributed by atoms with Gasteiger partial charge in [0.15, 0.2) is 12.0 Å². The summed E-state index contributed by atoms with van der Waals surface area (Å²) in [6.45, 7) is -1.17. The summed E-state index contributed by atoms with van der Waals surface area (Å²) in [5, 5.41) is 58.7. The molecule has 2 aliphatic heterocycles. The smallest absolute Gasteiger partial charge is 0.397 e. The van der Waals surface area contributed by atoms with Gasteiger partial charge in [0.1, 0.15) is 36.6 Å².